The summed E-state index contributed by atoms with van der Waals surface area (Å²) < 4.78 is 10.6. The van der Waals surface area contributed by atoms with E-state index in [1.165, 1.54) is 18.0 Å². The number of nitrogens with one attached hydrogen (secondary N) is 1. The molecule has 0 saturated heterocycles. The molecule has 22 heavy (non-hydrogen) atoms. The Hall–Kier alpha value is -2.48. The fourth-order valence-electron chi connectivity index (χ4n) is 1.98. The van der Waals surface area contributed by atoms with Gasteiger partial charge in [-0.25, -0.2) is 9.97 Å². The van der Waals surface area contributed by atoms with Crippen LogP contribution in [0.3, 0.4) is 0 Å². The van der Waals surface area contributed by atoms with Crippen LogP contribution >= 0.6 is 11.8 Å². The Morgan fingerprint density at radius 3 is 3.00 bits per heavy atom. The van der Waals surface area contributed by atoms with E-state index in [-0.39, 0.29) is 18.2 Å². The summed E-state index contributed by atoms with van der Waals surface area (Å²) in [6.07, 6.45) is 3.06. The molecule has 0 aliphatic carbocycles. The summed E-state index contributed by atoms with van der Waals surface area (Å²) in [7, 11) is 0. The molecule has 0 unspecified atom stereocenters. The number of carboxylic acids is 1. The Labute approximate surface area is 130 Å². The number of benzene rings is 1. The molecule has 2 aromatic rings. The standard InChI is InChI=1S/C14H13N3O4S/c1-22-14-16-6-9(13(18)19)12(17-14)15-5-8-2-3-10-11(4-8)21-7-20-10/h2-4,6H,5,7H2,1H3,(H,18,19)(H,15,16,17)/p-1. The third-order valence-corrected chi connectivity index (χ3v) is 3.63. The van der Waals surface area contributed by atoms with Gasteiger partial charge < -0.3 is 24.7 Å². The Bertz CT molecular complexity index is 723. The predicted octanol–water partition coefficient (Wildman–Crippen LogP) is 0.903. The molecule has 8 heteroatoms. The fraction of sp³-hybridized carbons (Fsp3) is 0.214. The highest BCUT2D eigenvalue weighted by Crippen LogP contribution is 2.32. The molecule has 7 nitrogen and oxygen atoms in total. The van der Waals surface area contributed by atoms with Gasteiger partial charge in [-0.15, -0.1) is 0 Å². The van der Waals surface area contributed by atoms with Crippen LogP contribution in [-0.2, 0) is 6.54 Å². The summed E-state index contributed by atoms with van der Waals surface area (Å²) in [5.74, 6) is 0.288. The summed E-state index contributed by atoms with van der Waals surface area (Å²) in [6.45, 7) is 0.603. The maximum atomic E-state index is 11.1. The van der Waals surface area contributed by atoms with Crippen molar-refractivity contribution in [1.82, 2.24) is 9.97 Å². The molecule has 1 aromatic carbocycles. The second kappa shape index (κ2) is 6.10. The highest BCUT2D eigenvalue weighted by molar-refractivity contribution is 7.98. The summed E-state index contributed by atoms with van der Waals surface area (Å²) in [5, 5.41) is 14.6. The van der Waals surface area contributed by atoms with Gasteiger partial charge in [0.05, 0.1) is 11.5 Å². The highest BCUT2D eigenvalue weighted by atomic mass is 32.2. The van der Waals surface area contributed by atoms with Gasteiger partial charge >= 0.3 is 0 Å². The zero-order valence-electron chi connectivity index (χ0n) is 11.7. The van der Waals surface area contributed by atoms with Gasteiger partial charge in [0.25, 0.3) is 0 Å². The molecular weight excluding hydrogens is 306 g/mol. The van der Waals surface area contributed by atoms with Crippen molar-refractivity contribution in [3.8, 4) is 11.5 Å². The Kier molecular flexibility index (Phi) is 4.01. The van der Waals surface area contributed by atoms with Crippen LogP contribution in [0.25, 0.3) is 0 Å². The molecule has 3 rings (SSSR count). The molecule has 1 aromatic heterocycles. The number of aromatic nitrogens is 2. The number of carbonyl (C=O) groups excluding carboxylic acids is 1. The number of aromatic carboxylic acids is 1. The first-order valence-electron chi connectivity index (χ1n) is 6.42. The van der Waals surface area contributed by atoms with Crippen LogP contribution in [0.15, 0.2) is 29.6 Å². The van der Waals surface area contributed by atoms with E-state index in [2.05, 4.69) is 15.3 Å². The van der Waals surface area contributed by atoms with E-state index in [9.17, 15) is 9.90 Å². The van der Waals surface area contributed by atoms with Crippen molar-refractivity contribution < 1.29 is 19.4 Å². The van der Waals surface area contributed by atoms with Crippen LogP contribution in [-0.4, -0.2) is 29.0 Å². The topological polar surface area (TPSA) is 96.4 Å². The second-order valence-corrected chi connectivity index (χ2v) is 5.22. The van der Waals surface area contributed by atoms with Gasteiger partial charge in [-0.1, -0.05) is 17.8 Å². The van der Waals surface area contributed by atoms with Crippen molar-refractivity contribution in [2.24, 2.45) is 0 Å². The maximum Gasteiger partial charge on any atom is 0.231 e. The maximum absolute atomic E-state index is 11.1. The number of nitrogens with zero attached hydrogens (tertiary/aromatic N) is 2. The number of anilines is 1. The Balaban J connectivity index is 1.79. The molecule has 0 fully saturated rings. The Morgan fingerprint density at radius 1 is 1.41 bits per heavy atom. The molecule has 1 N–H and O–H groups in total. The number of hydrogen-bond donors (Lipinski definition) is 1. The van der Waals surface area contributed by atoms with Crippen LogP contribution in [0.2, 0.25) is 0 Å². The molecule has 114 valence electrons. The van der Waals surface area contributed by atoms with Crippen LogP contribution in [0.1, 0.15) is 15.9 Å². The van der Waals surface area contributed by atoms with Gasteiger partial charge in [0.15, 0.2) is 16.7 Å². The normalized spacial score (nSPS) is 12.2. The quantitative estimate of drug-likeness (QED) is 0.642. The average Bonchev–Trinajstić information content (AvgIpc) is 3.00. The molecule has 0 saturated carbocycles. The number of rotatable bonds is 5. The summed E-state index contributed by atoms with van der Waals surface area (Å²) in [5.41, 5.74) is 0.844. The molecule has 0 spiro atoms. The monoisotopic (exact) mass is 318 g/mol. The van der Waals surface area contributed by atoms with Gasteiger partial charge in [-0.3, -0.25) is 0 Å². The number of thioether (sulfide) groups is 1. The van der Waals surface area contributed by atoms with Crippen LogP contribution < -0.4 is 19.9 Å². The van der Waals surface area contributed by atoms with Crippen LogP contribution in [0.4, 0.5) is 5.82 Å². The summed E-state index contributed by atoms with van der Waals surface area (Å²) in [6, 6.07) is 5.52. The van der Waals surface area contributed by atoms with Gasteiger partial charge in [-0.05, 0) is 24.0 Å². The number of hydrogen-bond acceptors (Lipinski definition) is 8. The molecule has 2 heterocycles. The van der Waals surface area contributed by atoms with E-state index in [0.717, 1.165) is 5.56 Å². The molecule has 1 aliphatic rings. The van der Waals surface area contributed by atoms with Crippen molar-refractivity contribution in [1.29, 1.82) is 0 Å². The lowest BCUT2D eigenvalue weighted by molar-refractivity contribution is -0.255. The number of carbonyl (C=O) groups is 1. The van der Waals surface area contributed by atoms with Gasteiger partial charge in [0.1, 0.15) is 5.82 Å². The average molecular weight is 318 g/mol. The van der Waals surface area contributed by atoms with Crippen LogP contribution in [0.5, 0.6) is 11.5 Å². The zero-order chi connectivity index (χ0) is 15.5. The van der Waals surface area contributed by atoms with Crippen molar-refractivity contribution >= 4 is 23.5 Å². The van der Waals surface area contributed by atoms with E-state index in [4.69, 9.17) is 9.47 Å². The van der Waals surface area contributed by atoms with Gasteiger partial charge in [0, 0.05) is 12.7 Å². The molecular formula is C14H12N3O4S-. The largest absolute Gasteiger partial charge is 0.545 e. The Morgan fingerprint density at radius 2 is 2.23 bits per heavy atom. The molecule has 0 bridgehead atoms. The lowest BCUT2D eigenvalue weighted by atomic mass is 10.2. The molecule has 0 amide bonds. The summed E-state index contributed by atoms with van der Waals surface area (Å²) in [4.78, 5) is 19.2. The predicted molar refractivity (Wildman–Crippen MR) is 78.0 cm³/mol. The molecule has 0 atom stereocenters. The first kappa shape index (κ1) is 14.5. The van der Waals surface area contributed by atoms with Crippen molar-refractivity contribution in [2.45, 2.75) is 11.7 Å². The SMILES string of the molecule is CSc1ncc(C(=O)[O-])c(NCc2ccc3c(c2)OCO3)n1. The first-order chi connectivity index (χ1) is 10.7. The number of ether oxygens (including phenoxy) is 2. The summed E-state index contributed by atoms with van der Waals surface area (Å²) >= 11 is 1.33. The van der Waals surface area contributed by atoms with Crippen molar-refractivity contribution in [3.63, 3.8) is 0 Å². The zero-order valence-corrected chi connectivity index (χ0v) is 12.5. The third-order valence-electron chi connectivity index (χ3n) is 3.07. The lowest BCUT2D eigenvalue weighted by Crippen LogP contribution is -2.24. The number of carboxylic acid groups (broad SMARTS) is 1. The van der Waals surface area contributed by atoms with Gasteiger partial charge in [-0.2, -0.15) is 0 Å². The smallest absolute Gasteiger partial charge is 0.231 e. The minimum absolute atomic E-state index is 0.0708. The highest BCUT2D eigenvalue weighted by Gasteiger charge is 2.14. The van der Waals surface area contributed by atoms with Crippen molar-refractivity contribution in [2.75, 3.05) is 18.4 Å². The molecule has 0 radical (unpaired) electrons. The third kappa shape index (κ3) is 2.91. The van der Waals surface area contributed by atoms with E-state index >= 15 is 0 Å². The second-order valence-electron chi connectivity index (χ2n) is 4.45. The fourth-order valence-corrected chi connectivity index (χ4v) is 2.33. The minimum atomic E-state index is -1.32. The van der Waals surface area contributed by atoms with E-state index in [1.807, 2.05) is 24.5 Å². The van der Waals surface area contributed by atoms with E-state index in [0.29, 0.717) is 23.2 Å². The minimum Gasteiger partial charge on any atom is -0.545 e. The van der Waals surface area contributed by atoms with E-state index < -0.39 is 5.97 Å². The van der Waals surface area contributed by atoms with Crippen molar-refractivity contribution in [3.05, 3.63) is 35.5 Å². The first-order valence-corrected chi connectivity index (χ1v) is 7.64. The lowest BCUT2D eigenvalue weighted by Gasteiger charge is -2.12. The molecule has 1 aliphatic heterocycles. The number of fused-ring (bicyclic) bond motifs is 1. The van der Waals surface area contributed by atoms with Gasteiger partial charge in [0.2, 0.25) is 6.79 Å². The van der Waals surface area contributed by atoms with E-state index in [1.54, 1.807) is 0 Å². The van der Waals surface area contributed by atoms with Crippen LogP contribution in [0, 0.1) is 0 Å².